The summed E-state index contributed by atoms with van der Waals surface area (Å²) >= 11 is 0. The predicted molar refractivity (Wildman–Crippen MR) is 411 cm³/mol. The maximum absolute atomic E-state index is 12.6. The summed E-state index contributed by atoms with van der Waals surface area (Å²) in [4.78, 5) is 71.0. The highest BCUT2D eigenvalue weighted by molar-refractivity contribution is 5.89. The summed E-state index contributed by atoms with van der Waals surface area (Å²) in [7, 11) is 0. The number of hydrogen-bond acceptors (Lipinski definition) is 12. The van der Waals surface area contributed by atoms with Gasteiger partial charge in [0, 0.05) is 33.3 Å². The number of carbonyl (C=O) groups excluding carboxylic acids is 6. The van der Waals surface area contributed by atoms with E-state index >= 15 is 0 Å². The fraction of sp³-hybridized carbons (Fsp3) is 0.778. The van der Waals surface area contributed by atoms with E-state index in [1.807, 2.05) is 41.5 Å². The van der Waals surface area contributed by atoms with Gasteiger partial charge in [-0.25, -0.2) is 24.0 Å². The minimum absolute atomic E-state index is 0.0369. The molecule has 12 nitrogen and oxygen atoms in total. The third-order valence-corrected chi connectivity index (χ3v) is 27.9. The predicted octanol–water partition coefficient (Wildman–Crippen LogP) is 22.5. The van der Waals surface area contributed by atoms with Crippen molar-refractivity contribution in [2.24, 2.45) is 88.3 Å². The number of fused-ring (bicyclic) bond motifs is 2. The first-order valence-electron chi connectivity index (χ1n) is 40.7. The molecule has 0 aliphatic heterocycles. The van der Waals surface area contributed by atoms with Crippen molar-refractivity contribution < 1.29 is 57.2 Å². The van der Waals surface area contributed by atoms with Crippen LogP contribution in [0.25, 0.3) is 0 Å². The van der Waals surface area contributed by atoms with E-state index in [0.29, 0.717) is 69.3 Å². The van der Waals surface area contributed by atoms with Gasteiger partial charge in [-0.05, 0) is 339 Å². The molecule has 14 saturated carbocycles. The fourth-order valence-corrected chi connectivity index (χ4v) is 21.3. The Morgan fingerprint density at radius 2 is 0.794 bits per heavy atom. The molecule has 14 rings (SSSR count). The summed E-state index contributed by atoms with van der Waals surface area (Å²) < 4.78 is 34.4. The van der Waals surface area contributed by atoms with Crippen LogP contribution in [0.5, 0.6) is 0 Å². The van der Waals surface area contributed by atoms with Crippen LogP contribution in [0.4, 0.5) is 0 Å². The van der Waals surface area contributed by atoms with Crippen molar-refractivity contribution in [1.82, 2.24) is 0 Å². The van der Waals surface area contributed by atoms with Crippen molar-refractivity contribution in [3.8, 4) is 0 Å². The van der Waals surface area contributed by atoms with E-state index in [4.69, 9.17) is 28.4 Å². The van der Waals surface area contributed by atoms with E-state index in [9.17, 15) is 28.8 Å². The van der Waals surface area contributed by atoms with Gasteiger partial charge in [0.15, 0.2) is 0 Å². The highest BCUT2D eigenvalue weighted by Gasteiger charge is 2.61. The first kappa shape index (κ1) is 84.3. The van der Waals surface area contributed by atoms with Gasteiger partial charge in [-0.1, -0.05) is 118 Å². The Morgan fingerprint density at radius 1 is 0.431 bits per heavy atom. The van der Waals surface area contributed by atoms with E-state index < -0.39 is 0 Å². The van der Waals surface area contributed by atoms with E-state index in [2.05, 4.69) is 80.7 Å². The van der Waals surface area contributed by atoms with E-state index in [-0.39, 0.29) is 80.8 Å². The molecule has 10 bridgehead atoms. The molecule has 574 valence electrons. The van der Waals surface area contributed by atoms with Gasteiger partial charge in [0.1, 0.15) is 33.6 Å². The smallest absolute Gasteiger partial charge is 0.333 e. The van der Waals surface area contributed by atoms with Gasteiger partial charge >= 0.3 is 35.8 Å². The molecule has 0 N–H and O–H groups in total. The molecule has 12 heteroatoms. The van der Waals surface area contributed by atoms with E-state index in [0.717, 1.165) is 92.4 Å². The molecule has 0 aromatic rings. The van der Waals surface area contributed by atoms with Crippen molar-refractivity contribution in [2.45, 2.75) is 356 Å². The summed E-state index contributed by atoms with van der Waals surface area (Å²) in [5, 5.41) is 0. The lowest BCUT2D eigenvalue weighted by Gasteiger charge is -2.62. The van der Waals surface area contributed by atoms with Crippen LogP contribution in [0.2, 0.25) is 0 Å². The first-order valence-corrected chi connectivity index (χ1v) is 40.7. The topological polar surface area (TPSA) is 158 Å². The third-order valence-electron chi connectivity index (χ3n) is 27.9. The van der Waals surface area contributed by atoms with Crippen LogP contribution in [-0.4, -0.2) is 69.4 Å². The van der Waals surface area contributed by atoms with Crippen LogP contribution in [0.1, 0.15) is 323 Å². The molecule has 14 fully saturated rings. The van der Waals surface area contributed by atoms with Crippen molar-refractivity contribution in [2.75, 3.05) is 0 Å². The van der Waals surface area contributed by atoms with Crippen LogP contribution in [0.15, 0.2) is 85.1 Å². The molecule has 102 heavy (non-hydrogen) atoms. The molecular weight excluding hydrogens is 1270 g/mol. The molecule has 0 amide bonds. The zero-order valence-electron chi connectivity index (χ0n) is 67.3. The Labute approximate surface area is 619 Å². The zero-order valence-corrected chi connectivity index (χ0v) is 67.3. The van der Waals surface area contributed by atoms with Gasteiger partial charge < -0.3 is 28.4 Å². The number of carbonyl (C=O) groups is 6. The summed E-state index contributed by atoms with van der Waals surface area (Å²) in [5.41, 5.74) is 3.33. The second-order valence-corrected chi connectivity index (χ2v) is 37.2. The lowest BCUT2D eigenvalue weighted by atomic mass is 9.45. The lowest BCUT2D eigenvalue weighted by Crippen LogP contribution is -2.58. The maximum Gasteiger partial charge on any atom is 0.333 e. The van der Waals surface area contributed by atoms with E-state index in [1.54, 1.807) is 34.6 Å². The Hall–Kier alpha value is -5.00. The van der Waals surface area contributed by atoms with Gasteiger partial charge in [0.05, 0.1) is 5.92 Å². The molecule has 4 atom stereocenters. The summed E-state index contributed by atoms with van der Waals surface area (Å²) in [6.07, 6.45) is 40.1. The standard InChI is InChI=1S/C18H28O2.C18H26O2.C15H22O2.C14H24O2.C13H22O2.C12H20O2/c1-5-17(4,20-16(19)12(2)3)18-9-13-6-14(10-18)8-15(7-13)11-18;1-4-18(8-6-5-7-9-18)20-17(19)16-11-14-10-15(16)13(3)12(14)2;1-9(2)14(16)17-15(3)12-5-10-4-11(7-12)8-13(15)6-10;1-10(2)13(15)16-14(4,5)12-8-6-11(3)7-9-12;1-10(2)12(14)15-13(3,4)11-8-6-5-7-9-11;1-9(2)11(13)14-12(3,4)10-7-5-6-8-10/h13-15H,2,5-11H2,1,3-4H3;14-16H,2-11H2,1H3;10-13H,1,4-8H2,2-3H3;11-12H,1,6-9H2,2-5H3;11H,1,5-9H2,2-4H3;10H,1,5-8H2,2-4H3. The van der Waals surface area contributed by atoms with Crippen LogP contribution in [0, 0.1) is 88.3 Å². The lowest BCUT2D eigenvalue weighted by molar-refractivity contribution is -0.201. The number of allylic oxidation sites excluding steroid dienone is 2. The van der Waals surface area contributed by atoms with Gasteiger partial charge in [-0.2, -0.15) is 0 Å². The third kappa shape index (κ3) is 21.0. The summed E-state index contributed by atoms with van der Waals surface area (Å²) in [6.45, 7) is 58.1. The van der Waals surface area contributed by atoms with Crippen molar-refractivity contribution in [3.63, 3.8) is 0 Å². The molecule has 0 saturated heterocycles. The second-order valence-electron chi connectivity index (χ2n) is 37.2. The Balaban J connectivity index is 0.000000172. The van der Waals surface area contributed by atoms with Crippen molar-refractivity contribution >= 4 is 35.8 Å². The number of hydrogen-bond donors (Lipinski definition) is 0. The van der Waals surface area contributed by atoms with Crippen LogP contribution < -0.4 is 0 Å². The van der Waals surface area contributed by atoms with Gasteiger partial charge in [-0.15, -0.1) is 0 Å². The molecule has 0 spiro atoms. The van der Waals surface area contributed by atoms with Crippen molar-refractivity contribution in [1.29, 1.82) is 0 Å². The minimum Gasteiger partial charge on any atom is -0.459 e. The molecule has 14 aliphatic carbocycles. The molecule has 0 aromatic carbocycles. The van der Waals surface area contributed by atoms with Crippen LogP contribution in [0.3, 0.4) is 0 Å². The highest BCUT2D eigenvalue weighted by atomic mass is 16.6. The first-order chi connectivity index (χ1) is 47.6. The molecule has 0 radical (unpaired) electrons. The number of esters is 6. The zero-order chi connectivity index (χ0) is 75.7. The SMILES string of the molecule is C=C(C)C(=O)OC(C)(C)C1CCC(C)CC1.C=C(C)C(=O)OC(C)(C)C1CCCC1.C=C(C)C(=O)OC(C)(C)C1CCCCC1.C=C(C)C(=O)OC(C)(CC)C12CC3CC(CC(C3)C1)C2.C=C(C)C(=O)OC1(C)C2CC3CC(C2)CC1C3.C=C1C(=C)C2CC1CC2C(=O)OC1(CC)CCCCC1. The minimum atomic E-state index is -0.351. The van der Waals surface area contributed by atoms with Gasteiger partial charge in [-0.3, -0.25) is 4.79 Å². The second kappa shape index (κ2) is 35.1. The summed E-state index contributed by atoms with van der Waals surface area (Å²) in [5.74, 6) is 7.71. The largest absolute Gasteiger partial charge is 0.459 e. The molecule has 4 unspecified atom stereocenters. The van der Waals surface area contributed by atoms with E-state index in [1.165, 1.54) is 166 Å². The Kier molecular flexibility index (Phi) is 29.0. The Bertz CT molecular complexity index is 2970. The van der Waals surface area contributed by atoms with Crippen LogP contribution in [-0.2, 0) is 57.2 Å². The normalized spacial score (nSPS) is 32.2. The highest BCUT2D eigenvalue weighted by Crippen LogP contribution is 2.65. The average Bonchev–Trinajstić information content (AvgIpc) is 0.961. The van der Waals surface area contributed by atoms with Gasteiger partial charge in [0.2, 0.25) is 0 Å². The number of ether oxygens (including phenoxy) is 6. The quantitative estimate of drug-likeness (QED) is 0.0728. The molecule has 0 aromatic heterocycles. The van der Waals surface area contributed by atoms with Crippen molar-refractivity contribution in [3.05, 3.63) is 85.1 Å². The fourth-order valence-electron chi connectivity index (χ4n) is 21.3. The van der Waals surface area contributed by atoms with Crippen LogP contribution >= 0.6 is 0 Å². The maximum atomic E-state index is 12.6. The molecular formula is C90H142O12. The van der Waals surface area contributed by atoms with Gasteiger partial charge in [0.25, 0.3) is 0 Å². The summed E-state index contributed by atoms with van der Waals surface area (Å²) in [6, 6.07) is 0. The molecule has 0 heterocycles. The monoisotopic (exact) mass is 1420 g/mol. The number of rotatable bonds is 18. The average molecular weight is 1420 g/mol. The molecule has 14 aliphatic rings. The Morgan fingerprint density at radius 3 is 1.16 bits per heavy atom.